The number of Topliss-reactive ketones (excluding diaryl/α,β-unsaturated/α-hetero) is 1. The first-order valence-corrected chi connectivity index (χ1v) is 11.8. The number of piperidine rings is 1. The summed E-state index contributed by atoms with van der Waals surface area (Å²) in [6.07, 6.45) is 10.4. The Morgan fingerprint density at radius 1 is 1.25 bits per heavy atom. The predicted molar refractivity (Wildman–Crippen MR) is 118 cm³/mol. The smallest absolute Gasteiger partial charge is 0.301 e. The molecule has 7 heteroatoms. The van der Waals surface area contributed by atoms with E-state index in [1.807, 2.05) is 4.90 Å². The molecule has 6 atom stereocenters. The molecule has 4 bridgehead atoms. The van der Waals surface area contributed by atoms with Crippen molar-refractivity contribution in [3.8, 4) is 0 Å². The Kier molecular flexibility index (Phi) is 5.14. The first kappa shape index (κ1) is 21.5. The van der Waals surface area contributed by atoms with E-state index >= 15 is 0 Å². The molecular formula is C25H32N4O3. The summed E-state index contributed by atoms with van der Waals surface area (Å²) in [6.45, 7) is 8.90. The molecule has 1 aromatic heterocycles. The van der Waals surface area contributed by atoms with Gasteiger partial charge in [0.15, 0.2) is 5.78 Å². The largest absolute Gasteiger partial charge is 0.390 e. The number of aromatic nitrogens is 1. The number of hydrogen-bond acceptors (Lipinski definition) is 5. The fraction of sp³-hybridized carbons (Fsp3) is 0.680. The molecule has 7 rings (SSSR count). The third-order valence-corrected chi connectivity index (χ3v) is 8.55. The number of carbonyl (C=O) groups excluding carboxylic acids is 2. The lowest BCUT2D eigenvalue weighted by Crippen LogP contribution is -2.64. The number of fused-ring (bicyclic) bond motifs is 1. The fourth-order valence-corrected chi connectivity index (χ4v) is 7.50. The molecule has 6 fully saturated rings. The maximum atomic E-state index is 13.1. The molecule has 170 valence electrons. The van der Waals surface area contributed by atoms with Gasteiger partial charge in [0.25, 0.3) is 0 Å². The average Bonchev–Trinajstić information content (AvgIpc) is 3.41. The van der Waals surface area contributed by atoms with Crippen LogP contribution < -0.4 is 5.73 Å². The highest BCUT2D eigenvalue weighted by atomic mass is 16.3. The number of carbonyl (C=O) groups is 2. The molecule has 32 heavy (non-hydrogen) atoms. The maximum Gasteiger partial charge on any atom is 0.301 e. The molecule has 0 spiro atoms. The number of pyridine rings is 1. The molecule has 2 heterocycles. The van der Waals surface area contributed by atoms with E-state index in [9.17, 15) is 14.7 Å². The van der Waals surface area contributed by atoms with Crippen molar-refractivity contribution < 1.29 is 14.7 Å². The van der Waals surface area contributed by atoms with Crippen molar-refractivity contribution in [2.75, 3.05) is 0 Å². The lowest BCUT2D eigenvalue weighted by Gasteiger charge is -2.61. The Balaban J connectivity index is 0.000000203. The summed E-state index contributed by atoms with van der Waals surface area (Å²) in [5.41, 5.74) is 6.40. The molecule has 1 aliphatic heterocycles. The molecular weight excluding hydrogens is 404 g/mol. The Morgan fingerprint density at radius 2 is 1.97 bits per heavy atom. The van der Waals surface area contributed by atoms with Crippen LogP contribution in [0.2, 0.25) is 0 Å². The summed E-state index contributed by atoms with van der Waals surface area (Å²) in [5, 5.41) is 10.9. The summed E-state index contributed by atoms with van der Waals surface area (Å²) in [6, 6.07) is 3.22. The van der Waals surface area contributed by atoms with Gasteiger partial charge in [-0.05, 0) is 87.2 Å². The summed E-state index contributed by atoms with van der Waals surface area (Å²) in [5.74, 6) is 1.64. The zero-order chi connectivity index (χ0) is 22.7. The summed E-state index contributed by atoms with van der Waals surface area (Å²) < 4.78 is 0. The van der Waals surface area contributed by atoms with E-state index in [0.29, 0.717) is 29.7 Å². The van der Waals surface area contributed by atoms with Crippen LogP contribution in [0.1, 0.15) is 68.6 Å². The van der Waals surface area contributed by atoms with Gasteiger partial charge in [0.1, 0.15) is 0 Å². The molecule has 6 aliphatic rings. The maximum absolute atomic E-state index is 13.1. The van der Waals surface area contributed by atoms with Gasteiger partial charge in [-0.1, -0.05) is 0 Å². The molecule has 5 saturated carbocycles. The van der Waals surface area contributed by atoms with Crippen molar-refractivity contribution in [3.63, 3.8) is 0 Å². The molecule has 1 saturated heterocycles. The highest BCUT2D eigenvalue weighted by molar-refractivity contribution is 5.93. The molecule has 1 amide bonds. The minimum Gasteiger partial charge on any atom is -0.390 e. The summed E-state index contributed by atoms with van der Waals surface area (Å²) in [4.78, 5) is 33.0. The van der Waals surface area contributed by atoms with Crippen molar-refractivity contribution in [2.24, 2.45) is 28.9 Å². The Bertz CT molecular complexity index is 944. The number of likely N-dealkylation sites (tertiary alicyclic amines) is 1. The molecule has 0 aromatic carbocycles. The van der Waals surface area contributed by atoms with Crippen LogP contribution in [0.15, 0.2) is 24.5 Å². The molecule has 5 aliphatic carbocycles. The Hall–Kier alpha value is -2.30. The van der Waals surface area contributed by atoms with Crippen LogP contribution in [0.25, 0.3) is 4.85 Å². The van der Waals surface area contributed by atoms with E-state index in [1.54, 1.807) is 24.5 Å². The van der Waals surface area contributed by atoms with Gasteiger partial charge in [-0.15, -0.1) is 0 Å². The highest BCUT2D eigenvalue weighted by Gasteiger charge is 2.63. The topological polar surface area (TPSA) is 101 Å². The van der Waals surface area contributed by atoms with Crippen LogP contribution in [0.5, 0.6) is 0 Å². The normalized spacial score (nSPS) is 41.2. The lowest BCUT2D eigenvalue weighted by atomic mass is 9.46. The summed E-state index contributed by atoms with van der Waals surface area (Å²) in [7, 11) is 0. The van der Waals surface area contributed by atoms with E-state index in [2.05, 4.69) is 9.83 Å². The van der Waals surface area contributed by atoms with E-state index < -0.39 is 11.6 Å². The molecule has 1 aromatic rings. The van der Waals surface area contributed by atoms with Gasteiger partial charge in [0, 0.05) is 30.4 Å². The van der Waals surface area contributed by atoms with E-state index in [-0.39, 0.29) is 29.3 Å². The minimum absolute atomic E-state index is 0.0125. The van der Waals surface area contributed by atoms with Gasteiger partial charge in [-0.25, -0.2) is 6.57 Å². The zero-order valence-electron chi connectivity index (χ0n) is 18.6. The Morgan fingerprint density at radius 3 is 2.50 bits per heavy atom. The van der Waals surface area contributed by atoms with Crippen LogP contribution in [0.4, 0.5) is 0 Å². The third-order valence-electron chi connectivity index (χ3n) is 8.55. The minimum atomic E-state index is -0.589. The monoisotopic (exact) mass is 436 g/mol. The van der Waals surface area contributed by atoms with Gasteiger partial charge in [-0.2, -0.15) is 0 Å². The quantitative estimate of drug-likeness (QED) is 0.561. The van der Waals surface area contributed by atoms with Crippen molar-refractivity contribution in [3.05, 3.63) is 41.5 Å². The van der Waals surface area contributed by atoms with Gasteiger partial charge >= 0.3 is 6.17 Å². The second-order valence-electron chi connectivity index (χ2n) is 11.0. The summed E-state index contributed by atoms with van der Waals surface area (Å²) >= 11 is 0. The van der Waals surface area contributed by atoms with Crippen molar-refractivity contribution in [1.82, 2.24) is 9.88 Å². The van der Waals surface area contributed by atoms with Crippen molar-refractivity contribution in [2.45, 2.75) is 82.1 Å². The van der Waals surface area contributed by atoms with Crippen LogP contribution in [0, 0.1) is 29.7 Å². The SMILES string of the molecule is CC(=O)c1cccnc1.[C-]#[N+][C@@H]1C[C@@H]2C[C@@H]2N1C(=O)C(N)C12CC3CC(CC(O)(C3)C1)C2. The Labute approximate surface area is 189 Å². The number of aliphatic hydroxyl groups is 1. The first-order valence-electron chi connectivity index (χ1n) is 11.8. The van der Waals surface area contributed by atoms with Crippen LogP contribution in [-0.2, 0) is 4.79 Å². The highest BCUT2D eigenvalue weighted by Crippen LogP contribution is 2.63. The van der Waals surface area contributed by atoms with Gasteiger partial charge < -0.3 is 10.8 Å². The predicted octanol–water partition coefficient (Wildman–Crippen LogP) is 2.80. The average molecular weight is 437 g/mol. The number of hydrogen-bond donors (Lipinski definition) is 2. The van der Waals surface area contributed by atoms with Crippen LogP contribution >= 0.6 is 0 Å². The standard InChI is InChI=1S/C18H25N3O2.C7H7NO/c1-20-14-4-12-3-13(12)21(14)16(22)15(19)17-5-10-2-11(6-17)8-18(23,7-10)9-17;1-6(9)7-3-2-4-8-5-7/h10-15,23H,2-9,19H2;2-5H,1H3/t10?,11?,12-,13-,14-,15?,17?,18?;/m0./s1. The van der Waals surface area contributed by atoms with E-state index in [1.165, 1.54) is 13.3 Å². The van der Waals surface area contributed by atoms with Gasteiger partial charge in [-0.3, -0.25) is 24.3 Å². The number of nitrogens with zero attached hydrogens (tertiary/aromatic N) is 3. The second-order valence-corrected chi connectivity index (χ2v) is 11.0. The number of ketones is 1. The second kappa shape index (κ2) is 7.64. The van der Waals surface area contributed by atoms with E-state index in [0.717, 1.165) is 38.5 Å². The lowest BCUT2D eigenvalue weighted by molar-refractivity contribution is -0.177. The van der Waals surface area contributed by atoms with E-state index in [4.69, 9.17) is 12.3 Å². The molecule has 3 unspecified atom stereocenters. The van der Waals surface area contributed by atoms with Crippen LogP contribution in [-0.4, -0.2) is 50.5 Å². The first-order chi connectivity index (χ1) is 15.2. The van der Waals surface area contributed by atoms with Gasteiger partial charge in [0.2, 0.25) is 5.91 Å². The zero-order valence-corrected chi connectivity index (χ0v) is 18.6. The van der Waals surface area contributed by atoms with Crippen molar-refractivity contribution >= 4 is 11.7 Å². The van der Waals surface area contributed by atoms with Crippen molar-refractivity contribution in [1.29, 1.82) is 0 Å². The van der Waals surface area contributed by atoms with Crippen LogP contribution in [0.3, 0.4) is 0 Å². The fourth-order valence-electron chi connectivity index (χ4n) is 7.50. The third kappa shape index (κ3) is 3.64. The number of rotatable bonds is 3. The molecule has 3 N–H and O–H groups in total. The molecule has 7 nitrogen and oxygen atoms in total. The molecule has 0 radical (unpaired) electrons. The van der Waals surface area contributed by atoms with Gasteiger partial charge in [0.05, 0.1) is 11.6 Å². The number of amides is 1. The number of nitrogens with two attached hydrogens (primary N) is 1.